The van der Waals surface area contributed by atoms with Gasteiger partial charge in [-0.1, -0.05) is 12.1 Å². The van der Waals surface area contributed by atoms with E-state index in [-0.39, 0.29) is 24.8 Å². The summed E-state index contributed by atoms with van der Waals surface area (Å²) in [6.45, 7) is 6.70. The largest absolute Gasteiger partial charge is 0.495 e. The van der Waals surface area contributed by atoms with Crippen LogP contribution in [0.4, 0.5) is 11.5 Å². The van der Waals surface area contributed by atoms with Gasteiger partial charge in [-0.05, 0) is 25.1 Å². The lowest BCUT2D eigenvalue weighted by Crippen LogP contribution is -2.48. The predicted molar refractivity (Wildman–Crippen MR) is 107 cm³/mol. The van der Waals surface area contributed by atoms with Gasteiger partial charge in [0, 0.05) is 32.4 Å². The van der Waals surface area contributed by atoms with Crippen LogP contribution in [0.5, 0.6) is 5.75 Å². The van der Waals surface area contributed by atoms with Crippen molar-refractivity contribution >= 4 is 36.3 Å². The van der Waals surface area contributed by atoms with Crippen LogP contribution in [-0.4, -0.2) is 54.8 Å². The fraction of sp³-hybridized carbons (Fsp3) is 0.412. The molecule has 2 heterocycles. The summed E-state index contributed by atoms with van der Waals surface area (Å²) in [5.41, 5.74) is 1.18. The second-order valence-electron chi connectivity index (χ2n) is 5.60. The molecular formula is C17H25Cl2N5O. The number of methoxy groups -OCH3 is 1. The van der Waals surface area contributed by atoms with Crippen LogP contribution in [-0.2, 0) is 0 Å². The Hall–Kier alpha value is -1.76. The molecule has 0 unspecified atom stereocenters. The minimum Gasteiger partial charge on any atom is -0.495 e. The molecule has 2 aromatic rings. The molecule has 1 N–H and O–H groups in total. The Morgan fingerprint density at radius 3 is 2.48 bits per heavy atom. The number of nitrogens with one attached hydrogen (secondary N) is 1. The molecule has 0 saturated carbocycles. The first kappa shape index (κ1) is 21.3. The summed E-state index contributed by atoms with van der Waals surface area (Å²) in [6, 6.07) is 10.1. The van der Waals surface area contributed by atoms with Gasteiger partial charge in [0.2, 0.25) is 0 Å². The van der Waals surface area contributed by atoms with E-state index in [1.54, 1.807) is 13.3 Å². The molecule has 3 rings (SSSR count). The Kier molecular flexibility index (Phi) is 8.75. The fourth-order valence-corrected chi connectivity index (χ4v) is 2.79. The van der Waals surface area contributed by atoms with Crippen LogP contribution in [0.3, 0.4) is 0 Å². The standard InChI is InChI=1S/C17H23N5O.2ClH/c1-14-18-8-7-17(20-14)19-13-21-9-11-22(12-10-21)15-5-3-4-6-16(15)23-2;;/h3-8H,9-13H2,1-2H3,(H,18,19,20);2*1H. The number of piperazine rings is 1. The molecule has 8 heteroatoms. The minimum atomic E-state index is 0. The quantitative estimate of drug-likeness (QED) is 0.853. The first-order valence-electron chi connectivity index (χ1n) is 7.90. The highest BCUT2D eigenvalue weighted by molar-refractivity contribution is 5.85. The van der Waals surface area contributed by atoms with Crippen molar-refractivity contribution in [3.8, 4) is 5.75 Å². The molecule has 138 valence electrons. The van der Waals surface area contributed by atoms with Gasteiger partial charge in [0.1, 0.15) is 17.4 Å². The molecule has 25 heavy (non-hydrogen) atoms. The first-order valence-corrected chi connectivity index (χ1v) is 7.90. The van der Waals surface area contributed by atoms with Crippen LogP contribution in [0.2, 0.25) is 0 Å². The van der Waals surface area contributed by atoms with E-state index in [9.17, 15) is 0 Å². The molecule has 0 bridgehead atoms. The highest BCUT2D eigenvalue weighted by Crippen LogP contribution is 2.28. The van der Waals surface area contributed by atoms with E-state index in [0.717, 1.165) is 50.2 Å². The maximum absolute atomic E-state index is 5.46. The van der Waals surface area contributed by atoms with Gasteiger partial charge in [0.15, 0.2) is 0 Å². The van der Waals surface area contributed by atoms with Gasteiger partial charge in [0.25, 0.3) is 0 Å². The van der Waals surface area contributed by atoms with Crippen molar-refractivity contribution in [3.05, 3.63) is 42.4 Å². The van der Waals surface area contributed by atoms with Gasteiger partial charge in [-0.25, -0.2) is 9.97 Å². The molecule has 0 radical (unpaired) electrons. The summed E-state index contributed by atoms with van der Waals surface area (Å²) in [5.74, 6) is 2.61. The van der Waals surface area contributed by atoms with E-state index in [4.69, 9.17) is 4.74 Å². The second-order valence-corrected chi connectivity index (χ2v) is 5.60. The monoisotopic (exact) mass is 385 g/mol. The van der Waals surface area contributed by atoms with Gasteiger partial charge in [0.05, 0.1) is 19.5 Å². The zero-order valence-corrected chi connectivity index (χ0v) is 16.1. The third kappa shape index (κ3) is 5.63. The van der Waals surface area contributed by atoms with E-state index >= 15 is 0 Å². The molecule has 6 nitrogen and oxygen atoms in total. The molecule has 1 aliphatic heterocycles. The average molecular weight is 386 g/mol. The SMILES string of the molecule is COc1ccccc1N1CCN(CNc2ccnc(C)n2)CC1.Cl.Cl. The number of anilines is 2. The number of hydrogen-bond acceptors (Lipinski definition) is 6. The maximum atomic E-state index is 5.46. The lowest BCUT2D eigenvalue weighted by molar-refractivity contribution is 0.274. The lowest BCUT2D eigenvalue weighted by atomic mass is 10.2. The summed E-state index contributed by atoms with van der Waals surface area (Å²) in [7, 11) is 1.72. The number of aryl methyl sites for hydroxylation is 1. The van der Waals surface area contributed by atoms with Crippen molar-refractivity contribution in [2.45, 2.75) is 6.92 Å². The molecule has 1 fully saturated rings. The third-order valence-electron chi connectivity index (χ3n) is 4.06. The van der Waals surface area contributed by atoms with Crippen molar-refractivity contribution in [2.75, 3.05) is 50.2 Å². The normalized spacial score (nSPS) is 14.2. The number of hydrogen-bond donors (Lipinski definition) is 1. The van der Waals surface area contributed by atoms with Gasteiger partial charge in [-0.2, -0.15) is 0 Å². The van der Waals surface area contributed by atoms with Crippen molar-refractivity contribution in [3.63, 3.8) is 0 Å². The third-order valence-corrected chi connectivity index (χ3v) is 4.06. The number of ether oxygens (including phenoxy) is 1. The van der Waals surface area contributed by atoms with Crippen molar-refractivity contribution < 1.29 is 4.74 Å². The van der Waals surface area contributed by atoms with Crippen LogP contribution in [0, 0.1) is 6.92 Å². The van der Waals surface area contributed by atoms with E-state index < -0.39 is 0 Å². The topological polar surface area (TPSA) is 53.5 Å². The van der Waals surface area contributed by atoms with E-state index in [2.05, 4.69) is 37.2 Å². The summed E-state index contributed by atoms with van der Waals surface area (Å²) in [6.07, 6.45) is 1.78. The number of para-hydroxylation sites is 2. The Labute approximate surface area is 161 Å². The zero-order chi connectivity index (χ0) is 16.1. The van der Waals surface area contributed by atoms with Crippen LogP contribution in [0.15, 0.2) is 36.5 Å². The summed E-state index contributed by atoms with van der Waals surface area (Å²) in [5, 5.41) is 3.36. The summed E-state index contributed by atoms with van der Waals surface area (Å²) < 4.78 is 5.46. The number of rotatable bonds is 5. The minimum absolute atomic E-state index is 0. The zero-order valence-electron chi connectivity index (χ0n) is 14.5. The molecule has 1 aliphatic rings. The van der Waals surface area contributed by atoms with Crippen LogP contribution < -0.4 is 15.0 Å². The van der Waals surface area contributed by atoms with E-state index in [0.29, 0.717) is 0 Å². The molecule has 0 spiro atoms. The van der Waals surface area contributed by atoms with Crippen LogP contribution >= 0.6 is 24.8 Å². The number of halogens is 2. The van der Waals surface area contributed by atoms with E-state index in [1.807, 2.05) is 25.1 Å². The number of nitrogens with zero attached hydrogens (tertiary/aromatic N) is 4. The summed E-state index contributed by atoms with van der Waals surface area (Å²) in [4.78, 5) is 13.2. The molecular weight excluding hydrogens is 361 g/mol. The van der Waals surface area contributed by atoms with Crippen LogP contribution in [0.25, 0.3) is 0 Å². The average Bonchev–Trinajstić information content (AvgIpc) is 2.60. The predicted octanol–water partition coefficient (Wildman–Crippen LogP) is 2.83. The number of benzene rings is 1. The highest BCUT2D eigenvalue weighted by atomic mass is 35.5. The molecule has 1 saturated heterocycles. The molecule has 1 aromatic carbocycles. The Balaban J connectivity index is 0.00000156. The second kappa shape index (κ2) is 10.3. The number of aromatic nitrogens is 2. The van der Waals surface area contributed by atoms with Gasteiger partial charge in [-0.15, -0.1) is 24.8 Å². The Morgan fingerprint density at radius 1 is 1.08 bits per heavy atom. The van der Waals surface area contributed by atoms with Gasteiger partial charge >= 0.3 is 0 Å². The Morgan fingerprint density at radius 2 is 1.80 bits per heavy atom. The first-order chi connectivity index (χ1) is 11.3. The van der Waals surface area contributed by atoms with Crippen molar-refractivity contribution in [1.82, 2.24) is 14.9 Å². The molecule has 0 aliphatic carbocycles. The Bertz CT molecular complexity index is 650. The molecule has 0 amide bonds. The summed E-state index contributed by atoms with van der Waals surface area (Å²) >= 11 is 0. The lowest BCUT2D eigenvalue weighted by Gasteiger charge is -2.36. The van der Waals surface area contributed by atoms with Crippen molar-refractivity contribution in [1.29, 1.82) is 0 Å². The highest BCUT2D eigenvalue weighted by Gasteiger charge is 2.19. The van der Waals surface area contributed by atoms with Crippen LogP contribution in [0.1, 0.15) is 5.82 Å². The smallest absolute Gasteiger partial charge is 0.142 e. The maximum Gasteiger partial charge on any atom is 0.142 e. The van der Waals surface area contributed by atoms with Crippen molar-refractivity contribution in [2.24, 2.45) is 0 Å². The van der Waals surface area contributed by atoms with E-state index in [1.165, 1.54) is 5.69 Å². The van der Waals surface area contributed by atoms with Gasteiger partial charge in [-0.3, -0.25) is 4.90 Å². The molecule has 0 atom stereocenters. The molecule has 1 aromatic heterocycles. The van der Waals surface area contributed by atoms with Gasteiger partial charge < -0.3 is 15.0 Å². The fourth-order valence-electron chi connectivity index (χ4n) is 2.79.